The molecule has 3 N–H and O–H groups in total. The molecular formula is C24H19FN6. The van der Waals surface area contributed by atoms with Crippen molar-refractivity contribution >= 4 is 17.4 Å². The lowest BCUT2D eigenvalue weighted by Gasteiger charge is -2.09. The first-order valence-corrected chi connectivity index (χ1v) is 9.82. The van der Waals surface area contributed by atoms with Crippen molar-refractivity contribution in [3.63, 3.8) is 0 Å². The number of nitrogens with one attached hydrogen (secondary N) is 1. The number of hydrogen-bond donors (Lipinski definition) is 2. The molecule has 0 atom stereocenters. The van der Waals surface area contributed by atoms with Gasteiger partial charge in [-0.05, 0) is 48.0 Å². The molecule has 0 amide bonds. The van der Waals surface area contributed by atoms with Crippen molar-refractivity contribution in [2.45, 2.75) is 6.54 Å². The molecule has 0 saturated carbocycles. The fraction of sp³-hybridized carbons (Fsp3) is 0.0417. The maximum atomic E-state index is 13.5. The molecule has 5 aromatic rings. The van der Waals surface area contributed by atoms with E-state index < -0.39 is 0 Å². The van der Waals surface area contributed by atoms with Gasteiger partial charge in [-0.1, -0.05) is 30.3 Å². The molecule has 2 aromatic carbocycles. The van der Waals surface area contributed by atoms with E-state index in [0.29, 0.717) is 23.8 Å². The summed E-state index contributed by atoms with van der Waals surface area (Å²) in [5.41, 5.74) is 10.2. The zero-order valence-electron chi connectivity index (χ0n) is 16.5. The Morgan fingerprint density at radius 2 is 1.71 bits per heavy atom. The highest BCUT2D eigenvalue weighted by Gasteiger charge is 2.17. The standard InChI is InChI=1S/C24H19FN6/c25-19-8-6-17(7-9-19)22-23(31-13-11-20(26)29-24(31)30-22)18-10-12-27-21(14-18)28-15-16-4-2-1-3-5-16/h1-14H,15H2,(H,27,28)(H2,26,29,30). The number of halogens is 1. The molecule has 3 aromatic heterocycles. The predicted molar refractivity (Wildman–Crippen MR) is 120 cm³/mol. The average molecular weight is 410 g/mol. The molecule has 0 radical (unpaired) electrons. The quantitative estimate of drug-likeness (QED) is 0.435. The van der Waals surface area contributed by atoms with E-state index >= 15 is 0 Å². The first-order chi connectivity index (χ1) is 15.2. The van der Waals surface area contributed by atoms with Gasteiger partial charge in [0.1, 0.15) is 17.5 Å². The van der Waals surface area contributed by atoms with Crippen LogP contribution in [-0.2, 0) is 6.54 Å². The minimum Gasteiger partial charge on any atom is -0.384 e. The molecule has 0 bridgehead atoms. The topological polar surface area (TPSA) is 81.1 Å². The van der Waals surface area contributed by atoms with Crippen molar-refractivity contribution in [1.82, 2.24) is 19.4 Å². The Morgan fingerprint density at radius 3 is 2.52 bits per heavy atom. The van der Waals surface area contributed by atoms with Crippen LogP contribution in [0.2, 0.25) is 0 Å². The molecule has 0 saturated heterocycles. The second-order valence-electron chi connectivity index (χ2n) is 7.11. The van der Waals surface area contributed by atoms with E-state index in [0.717, 1.165) is 28.2 Å². The highest BCUT2D eigenvalue weighted by atomic mass is 19.1. The predicted octanol–water partition coefficient (Wildman–Crippen LogP) is 4.79. The number of imidazole rings is 1. The van der Waals surface area contributed by atoms with E-state index in [9.17, 15) is 4.39 Å². The SMILES string of the molecule is Nc1ccn2c(-c3ccnc(NCc4ccccc4)c3)c(-c3ccc(F)cc3)nc2n1. The maximum absolute atomic E-state index is 13.5. The van der Waals surface area contributed by atoms with Crippen molar-refractivity contribution in [2.75, 3.05) is 11.1 Å². The molecule has 0 aliphatic carbocycles. The number of pyridine rings is 1. The van der Waals surface area contributed by atoms with Gasteiger partial charge in [0.15, 0.2) is 0 Å². The van der Waals surface area contributed by atoms with Crippen molar-refractivity contribution < 1.29 is 4.39 Å². The van der Waals surface area contributed by atoms with Crippen LogP contribution < -0.4 is 11.1 Å². The summed E-state index contributed by atoms with van der Waals surface area (Å²) in [7, 11) is 0. The van der Waals surface area contributed by atoms with Crippen LogP contribution in [-0.4, -0.2) is 19.4 Å². The second-order valence-corrected chi connectivity index (χ2v) is 7.11. The molecule has 31 heavy (non-hydrogen) atoms. The smallest absolute Gasteiger partial charge is 0.236 e. The van der Waals surface area contributed by atoms with E-state index in [-0.39, 0.29) is 5.82 Å². The fourth-order valence-electron chi connectivity index (χ4n) is 3.49. The molecule has 0 aliphatic rings. The Balaban J connectivity index is 1.59. The molecule has 0 aliphatic heterocycles. The van der Waals surface area contributed by atoms with Gasteiger partial charge in [0.2, 0.25) is 5.78 Å². The van der Waals surface area contributed by atoms with Crippen LogP contribution in [0, 0.1) is 5.82 Å². The lowest BCUT2D eigenvalue weighted by atomic mass is 10.1. The third kappa shape index (κ3) is 3.81. The number of nitrogens with zero attached hydrogens (tertiary/aromatic N) is 4. The van der Waals surface area contributed by atoms with Crippen molar-refractivity contribution in [1.29, 1.82) is 0 Å². The van der Waals surface area contributed by atoms with Gasteiger partial charge in [-0.25, -0.2) is 14.4 Å². The van der Waals surface area contributed by atoms with Crippen LogP contribution in [0.3, 0.4) is 0 Å². The van der Waals surface area contributed by atoms with Gasteiger partial charge < -0.3 is 11.1 Å². The number of benzene rings is 2. The molecule has 0 spiro atoms. The highest BCUT2D eigenvalue weighted by Crippen LogP contribution is 2.33. The highest BCUT2D eigenvalue weighted by molar-refractivity contribution is 5.82. The average Bonchev–Trinajstić information content (AvgIpc) is 3.17. The summed E-state index contributed by atoms with van der Waals surface area (Å²) in [5.74, 6) is 1.30. The number of hydrogen-bond acceptors (Lipinski definition) is 5. The molecule has 152 valence electrons. The van der Waals surface area contributed by atoms with Gasteiger partial charge in [0, 0.05) is 30.1 Å². The van der Waals surface area contributed by atoms with Gasteiger partial charge >= 0.3 is 0 Å². The monoisotopic (exact) mass is 410 g/mol. The number of rotatable bonds is 5. The lowest BCUT2D eigenvalue weighted by molar-refractivity contribution is 0.628. The molecule has 3 heterocycles. The summed E-state index contributed by atoms with van der Waals surface area (Å²) >= 11 is 0. The summed E-state index contributed by atoms with van der Waals surface area (Å²) in [6.45, 7) is 0.660. The Kier molecular flexibility index (Phi) is 4.76. The lowest BCUT2D eigenvalue weighted by Crippen LogP contribution is -2.01. The number of anilines is 2. The van der Waals surface area contributed by atoms with Crippen molar-refractivity contribution in [3.05, 3.63) is 96.6 Å². The largest absolute Gasteiger partial charge is 0.384 e. The number of fused-ring (bicyclic) bond motifs is 1. The van der Waals surface area contributed by atoms with Crippen LogP contribution in [0.4, 0.5) is 16.0 Å². The van der Waals surface area contributed by atoms with Crippen molar-refractivity contribution in [2.24, 2.45) is 0 Å². The first-order valence-electron chi connectivity index (χ1n) is 9.82. The second kappa shape index (κ2) is 7.87. The summed E-state index contributed by atoms with van der Waals surface area (Å²) in [4.78, 5) is 13.5. The molecule has 7 heteroatoms. The van der Waals surface area contributed by atoms with Gasteiger partial charge in [-0.15, -0.1) is 0 Å². The zero-order valence-corrected chi connectivity index (χ0v) is 16.5. The number of nitrogen functional groups attached to an aromatic ring is 1. The Morgan fingerprint density at radius 1 is 0.903 bits per heavy atom. The van der Waals surface area contributed by atoms with E-state index in [1.807, 2.05) is 40.9 Å². The molecule has 6 nitrogen and oxygen atoms in total. The number of aromatic nitrogens is 4. The fourth-order valence-corrected chi connectivity index (χ4v) is 3.49. The van der Waals surface area contributed by atoms with Crippen LogP contribution in [0.15, 0.2) is 85.2 Å². The Labute approximate surface area is 178 Å². The van der Waals surface area contributed by atoms with E-state index in [2.05, 4.69) is 32.4 Å². The van der Waals surface area contributed by atoms with E-state index in [1.54, 1.807) is 24.4 Å². The summed E-state index contributed by atoms with van der Waals surface area (Å²) in [6, 6.07) is 22.0. The summed E-state index contributed by atoms with van der Waals surface area (Å²) in [5, 5.41) is 3.36. The van der Waals surface area contributed by atoms with Crippen LogP contribution in [0.1, 0.15) is 5.56 Å². The normalized spacial score (nSPS) is 11.0. The third-order valence-corrected chi connectivity index (χ3v) is 4.98. The maximum Gasteiger partial charge on any atom is 0.236 e. The van der Waals surface area contributed by atoms with Gasteiger partial charge in [0.05, 0.1) is 11.4 Å². The van der Waals surface area contributed by atoms with E-state index in [4.69, 9.17) is 5.73 Å². The first kappa shape index (κ1) is 18.7. The zero-order chi connectivity index (χ0) is 21.2. The van der Waals surface area contributed by atoms with Gasteiger partial charge in [-0.3, -0.25) is 4.40 Å². The van der Waals surface area contributed by atoms with Gasteiger partial charge in [-0.2, -0.15) is 4.98 Å². The molecule has 0 fully saturated rings. The Hall–Kier alpha value is -4.26. The molecular weight excluding hydrogens is 391 g/mol. The summed E-state index contributed by atoms with van der Waals surface area (Å²) < 4.78 is 15.4. The summed E-state index contributed by atoms with van der Waals surface area (Å²) in [6.07, 6.45) is 3.59. The minimum atomic E-state index is -0.298. The van der Waals surface area contributed by atoms with Gasteiger partial charge in [0.25, 0.3) is 0 Å². The Bertz CT molecular complexity index is 1350. The van der Waals surface area contributed by atoms with E-state index in [1.165, 1.54) is 12.1 Å². The van der Waals surface area contributed by atoms with Crippen LogP contribution in [0.25, 0.3) is 28.3 Å². The number of nitrogens with two attached hydrogens (primary N) is 1. The third-order valence-electron chi connectivity index (χ3n) is 4.98. The van der Waals surface area contributed by atoms with Crippen molar-refractivity contribution in [3.8, 4) is 22.5 Å². The molecule has 0 unspecified atom stereocenters. The van der Waals surface area contributed by atoms with Crippen LogP contribution in [0.5, 0.6) is 0 Å². The van der Waals surface area contributed by atoms with Crippen LogP contribution >= 0.6 is 0 Å². The minimum absolute atomic E-state index is 0.298. The molecule has 5 rings (SSSR count).